The molecule has 0 amide bonds. The van der Waals surface area contributed by atoms with E-state index in [1.807, 2.05) is 30.7 Å². The Bertz CT molecular complexity index is 1020. The maximum absolute atomic E-state index is 4.94. The molecule has 0 atom stereocenters. The number of benzene rings is 2. The van der Waals surface area contributed by atoms with Crippen molar-refractivity contribution in [1.29, 1.82) is 0 Å². The quantitative estimate of drug-likeness (QED) is 0.419. The molecule has 27 heavy (non-hydrogen) atoms. The Balaban J connectivity index is 0.000000314. The molecule has 1 saturated heterocycles. The summed E-state index contributed by atoms with van der Waals surface area (Å²) < 4.78 is 8.08. The van der Waals surface area contributed by atoms with E-state index in [4.69, 9.17) is 4.74 Å². The lowest BCUT2D eigenvalue weighted by Crippen LogP contribution is -1.92. The van der Waals surface area contributed by atoms with Gasteiger partial charge in [0.1, 0.15) is 6.33 Å². The Hall–Kier alpha value is -2.50. The van der Waals surface area contributed by atoms with Crippen LogP contribution in [0.4, 0.5) is 0 Å². The van der Waals surface area contributed by atoms with E-state index in [9.17, 15) is 0 Å². The number of fused-ring (bicyclic) bond motifs is 1. The van der Waals surface area contributed by atoms with Gasteiger partial charge in [-0.05, 0) is 54.8 Å². The van der Waals surface area contributed by atoms with Crippen LogP contribution in [0.25, 0.3) is 27.8 Å². The minimum Gasteiger partial charge on any atom is -0.381 e. The minimum atomic E-state index is 0.973. The molecule has 0 aliphatic carbocycles. The van der Waals surface area contributed by atoms with Crippen LogP contribution in [0.15, 0.2) is 77.8 Å². The molecular weight excluding hydrogens is 402 g/mol. The van der Waals surface area contributed by atoms with E-state index in [1.54, 1.807) is 6.20 Å². The van der Waals surface area contributed by atoms with Crippen LogP contribution in [-0.2, 0) is 4.74 Å². The van der Waals surface area contributed by atoms with Gasteiger partial charge in [0.2, 0.25) is 0 Å². The highest BCUT2D eigenvalue weighted by atomic mass is 79.9. The summed E-state index contributed by atoms with van der Waals surface area (Å²) in [5, 5.41) is 0. The summed E-state index contributed by atoms with van der Waals surface area (Å²) in [6.07, 6.45) is 8.08. The summed E-state index contributed by atoms with van der Waals surface area (Å²) in [5.41, 5.74) is 5.40. The Morgan fingerprint density at radius 1 is 0.926 bits per heavy atom. The molecule has 1 aliphatic rings. The molecule has 0 spiro atoms. The second-order valence-electron chi connectivity index (χ2n) is 6.36. The van der Waals surface area contributed by atoms with E-state index in [0.717, 1.165) is 45.5 Å². The zero-order valence-electron chi connectivity index (χ0n) is 14.9. The SMILES string of the molecule is Brc1ccc2c(c1)ncn2-c1cccc(-c2cccnc2)c1.C1CCOC1. The summed E-state index contributed by atoms with van der Waals surface area (Å²) in [4.78, 5) is 8.67. The van der Waals surface area contributed by atoms with Crippen LogP contribution in [0.3, 0.4) is 0 Å². The van der Waals surface area contributed by atoms with E-state index >= 15 is 0 Å². The van der Waals surface area contributed by atoms with Crippen molar-refractivity contribution in [1.82, 2.24) is 14.5 Å². The monoisotopic (exact) mass is 421 g/mol. The Kier molecular flexibility index (Phi) is 5.61. The zero-order valence-corrected chi connectivity index (χ0v) is 16.5. The highest BCUT2D eigenvalue weighted by Gasteiger charge is 2.06. The second-order valence-corrected chi connectivity index (χ2v) is 7.27. The van der Waals surface area contributed by atoms with Crippen molar-refractivity contribution >= 4 is 27.0 Å². The van der Waals surface area contributed by atoms with Gasteiger partial charge in [0.25, 0.3) is 0 Å². The lowest BCUT2D eigenvalue weighted by Gasteiger charge is -2.07. The molecule has 1 fully saturated rings. The molecule has 0 N–H and O–H groups in total. The van der Waals surface area contributed by atoms with Crippen LogP contribution in [-0.4, -0.2) is 27.7 Å². The van der Waals surface area contributed by atoms with E-state index in [-0.39, 0.29) is 0 Å². The van der Waals surface area contributed by atoms with Crippen LogP contribution in [0.2, 0.25) is 0 Å². The smallest absolute Gasteiger partial charge is 0.100 e. The molecule has 0 unspecified atom stereocenters. The molecule has 1 aliphatic heterocycles. The fourth-order valence-corrected chi connectivity index (χ4v) is 3.42. The van der Waals surface area contributed by atoms with Gasteiger partial charge in [0.05, 0.1) is 11.0 Å². The molecule has 2 aromatic carbocycles. The van der Waals surface area contributed by atoms with Crippen molar-refractivity contribution in [2.24, 2.45) is 0 Å². The third kappa shape index (κ3) is 4.26. The highest BCUT2D eigenvalue weighted by molar-refractivity contribution is 9.10. The van der Waals surface area contributed by atoms with Crippen LogP contribution in [0.1, 0.15) is 12.8 Å². The first-order valence-electron chi connectivity index (χ1n) is 9.02. The van der Waals surface area contributed by atoms with Crippen LogP contribution >= 0.6 is 15.9 Å². The molecule has 5 heteroatoms. The van der Waals surface area contributed by atoms with Crippen LogP contribution in [0.5, 0.6) is 0 Å². The predicted octanol–water partition coefficient (Wildman–Crippen LogP) is 5.65. The fourth-order valence-electron chi connectivity index (χ4n) is 3.07. The Morgan fingerprint density at radius 2 is 1.78 bits per heavy atom. The molecule has 2 aromatic heterocycles. The lowest BCUT2D eigenvalue weighted by molar-refractivity contribution is 0.198. The predicted molar refractivity (Wildman–Crippen MR) is 112 cm³/mol. The van der Waals surface area contributed by atoms with Gasteiger partial charge < -0.3 is 4.74 Å². The summed E-state index contributed by atoms with van der Waals surface area (Å²) in [6, 6.07) is 18.5. The van der Waals surface area contributed by atoms with Gasteiger partial charge in [-0.25, -0.2) is 4.98 Å². The molecule has 5 rings (SSSR count). The van der Waals surface area contributed by atoms with Crippen molar-refractivity contribution in [2.45, 2.75) is 12.8 Å². The first kappa shape index (κ1) is 17.9. The lowest BCUT2D eigenvalue weighted by atomic mass is 10.1. The maximum atomic E-state index is 4.94. The molecule has 4 aromatic rings. The van der Waals surface area contributed by atoms with Crippen molar-refractivity contribution in [3.63, 3.8) is 0 Å². The Morgan fingerprint density at radius 3 is 2.52 bits per heavy atom. The number of nitrogens with zero attached hydrogens (tertiary/aromatic N) is 3. The second kappa shape index (κ2) is 8.46. The van der Waals surface area contributed by atoms with E-state index in [1.165, 1.54) is 12.8 Å². The molecule has 3 heterocycles. The number of hydrogen-bond donors (Lipinski definition) is 0. The fraction of sp³-hybridized carbons (Fsp3) is 0.182. The topological polar surface area (TPSA) is 39.9 Å². The van der Waals surface area contributed by atoms with Crippen molar-refractivity contribution < 1.29 is 4.74 Å². The Labute approximate surface area is 167 Å². The summed E-state index contributed by atoms with van der Waals surface area (Å²) >= 11 is 3.48. The molecule has 0 saturated carbocycles. The summed E-state index contributed by atoms with van der Waals surface area (Å²) in [5.74, 6) is 0. The van der Waals surface area contributed by atoms with Gasteiger partial charge >= 0.3 is 0 Å². The van der Waals surface area contributed by atoms with Crippen LogP contribution in [0, 0.1) is 0 Å². The minimum absolute atomic E-state index is 0.973. The largest absolute Gasteiger partial charge is 0.381 e. The van der Waals surface area contributed by atoms with Gasteiger partial charge in [0, 0.05) is 41.3 Å². The first-order chi connectivity index (χ1) is 13.3. The van der Waals surface area contributed by atoms with Crippen molar-refractivity contribution in [3.05, 3.63) is 77.8 Å². The van der Waals surface area contributed by atoms with Gasteiger partial charge in [-0.1, -0.05) is 34.1 Å². The maximum Gasteiger partial charge on any atom is 0.100 e. The third-order valence-corrected chi connectivity index (χ3v) is 4.95. The number of pyridine rings is 1. The normalized spacial score (nSPS) is 13.4. The van der Waals surface area contributed by atoms with Crippen LogP contribution < -0.4 is 0 Å². The number of ether oxygens (including phenoxy) is 1. The van der Waals surface area contributed by atoms with Crippen molar-refractivity contribution in [3.8, 4) is 16.8 Å². The van der Waals surface area contributed by atoms with Gasteiger partial charge in [-0.2, -0.15) is 0 Å². The molecule has 4 nitrogen and oxygen atoms in total. The highest BCUT2D eigenvalue weighted by Crippen LogP contribution is 2.25. The van der Waals surface area contributed by atoms with E-state index in [2.05, 4.69) is 66.9 Å². The zero-order chi connectivity index (χ0) is 18.5. The number of aromatic nitrogens is 3. The van der Waals surface area contributed by atoms with Gasteiger partial charge in [0.15, 0.2) is 0 Å². The molecule has 136 valence electrons. The van der Waals surface area contributed by atoms with E-state index < -0.39 is 0 Å². The van der Waals surface area contributed by atoms with Gasteiger partial charge in [-0.3, -0.25) is 9.55 Å². The first-order valence-corrected chi connectivity index (χ1v) is 9.82. The number of halogens is 1. The number of hydrogen-bond acceptors (Lipinski definition) is 3. The standard InChI is InChI=1S/C18H12BrN3.C4H8O/c19-15-6-7-18-17(10-15)21-12-22(18)16-5-1-3-13(9-16)14-4-2-8-20-11-14;1-2-4-5-3-1/h1-12H;1-4H2. The number of rotatable bonds is 2. The van der Waals surface area contributed by atoms with E-state index in [0.29, 0.717) is 0 Å². The third-order valence-electron chi connectivity index (χ3n) is 4.46. The summed E-state index contributed by atoms with van der Waals surface area (Å²) in [6.45, 7) is 2.00. The van der Waals surface area contributed by atoms with Gasteiger partial charge in [-0.15, -0.1) is 0 Å². The number of imidazole rings is 1. The van der Waals surface area contributed by atoms with Crippen molar-refractivity contribution in [2.75, 3.05) is 13.2 Å². The molecule has 0 bridgehead atoms. The molecular formula is C22H20BrN3O. The average Bonchev–Trinajstić information content (AvgIpc) is 3.42. The molecule has 0 radical (unpaired) electrons. The average molecular weight is 422 g/mol. The summed E-state index contributed by atoms with van der Waals surface area (Å²) in [7, 11) is 0.